The molecule has 2 amide bonds. The lowest BCUT2D eigenvalue weighted by Gasteiger charge is -2.27. The van der Waals surface area contributed by atoms with Crippen molar-refractivity contribution in [2.75, 3.05) is 13.1 Å². The molecular weight excluding hydrogens is 340 g/mol. The predicted octanol–water partition coefficient (Wildman–Crippen LogP) is 2.32. The van der Waals surface area contributed by atoms with Gasteiger partial charge in [0.05, 0.1) is 0 Å². The second kappa shape index (κ2) is 9.35. The first-order chi connectivity index (χ1) is 13.1. The highest BCUT2D eigenvalue weighted by molar-refractivity contribution is 5.92. The summed E-state index contributed by atoms with van der Waals surface area (Å²) in [4.78, 5) is 28.5. The fourth-order valence-electron chi connectivity index (χ4n) is 3.67. The second-order valence-electron chi connectivity index (χ2n) is 7.29. The van der Waals surface area contributed by atoms with Crippen LogP contribution in [0.4, 0.5) is 0 Å². The van der Waals surface area contributed by atoms with Gasteiger partial charge in [0.15, 0.2) is 0 Å². The zero-order chi connectivity index (χ0) is 19.1. The smallest absolute Gasteiger partial charge is 0.269 e. The number of carbonyl (C=O) groups excluding carboxylic acids is 2. The monoisotopic (exact) mass is 368 g/mol. The summed E-state index contributed by atoms with van der Waals surface area (Å²) in [7, 11) is 2.02. The number of nitrogens with zero attached hydrogens (tertiary/aromatic N) is 2. The molecule has 6 heteroatoms. The summed E-state index contributed by atoms with van der Waals surface area (Å²) < 4.78 is 2.08. The molecule has 0 aromatic carbocycles. The van der Waals surface area contributed by atoms with Gasteiger partial charge in [-0.15, -0.1) is 0 Å². The van der Waals surface area contributed by atoms with E-state index in [4.69, 9.17) is 0 Å². The second-order valence-corrected chi connectivity index (χ2v) is 7.29. The van der Waals surface area contributed by atoms with E-state index in [1.807, 2.05) is 25.4 Å². The van der Waals surface area contributed by atoms with Gasteiger partial charge >= 0.3 is 0 Å². The molecule has 27 heavy (non-hydrogen) atoms. The molecule has 0 saturated heterocycles. The van der Waals surface area contributed by atoms with Crippen molar-refractivity contribution in [2.45, 2.75) is 32.1 Å². The maximum Gasteiger partial charge on any atom is 0.269 e. The van der Waals surface area contributed by atoms with Crippen LogP contribution in [0.5, 0.6) is 0 Å². The summed E-state index contributed by atoms with van der Waals surface area (Å²) in [5, 5.41) is 6.04. The molecule has 1 saturated carbocycles. The first-order valence-electron chi connectivity index (χ1n) is 9.70. The van der Waals surface area contributed by atoms with E-state index in [2.05, 4.69) is 26.3 Å². The summed E-state index contributed by atoms with van der Waals surface area (Å²) in [6, 6.07) is 9.42. The zero-order valence-corrected chi connectivity index (χ0v) is 15.9. The van der Waals surface area contributed by atoms with Crippen molar-refractivity contribution >= 4 is 11.8 Å². The SMILES string of the molecule is Cn1cccc1CCNC(=O)C1CCC(CNC(=O)c2ccccn2)CC1. The number of rotatable bonds is 7. The van der Waals surface area contributed by atoms with Gasteiger partial charge in [-0.25, -0.2) is 0 Å². The molecule has 0 atom stereocenters. The van der Waals surface area contributed by atoms with Gasteiger partial charge in [0.2, 0.25) is 5.91 Å². The average molecular weight is 368 g/mol. The van der Waals surface area contributed by atoms with Crippen LogP contribution in [0.15, 0.2) is 42.7 Å². The molecular formula is C21H28N4O2. The maximum atomic E-state index is 12.4. The number of hydrogen-bond acceptors (Lipinski definition) is 3. The van der Waals surface area contributed by atoms with Gasteiger partial charge in [0.1, 0.15) is 5.69 Å². The molecule has 1 aliphatic carbocycles. The molecule has 0 spiro atoms. The predicted molar refractivity (Wildman–Crippen MR) is 104 cm³/mol. The van der Waals surface area contributed by atoms with E-state index in [1.54, 1.807) is 18.3 Å². The topological polar surface area (TPSA) is 76.0 Å². The number of pyridine rings is 1. The molecule has 2 aromatic heterocycles. The lowest BCUT2D eigenvalue weighted by molar-refractivity contribution is -0.126. The molecule has 2 heterocycles. The normalized spacial score (nSPS) is 19.4. The Kier molecular flexibility index (Phi) is 6.63. The fourth-order valence-corrected chi connectivity index (χ4v) is 3.67. The summed E-state index contributed by atoms with van der Waals surface area (Å²) in [6.07, 6.45) is 8.21. The maximum absolute atomic E-state index is 12.4. The Morgan fingerprint density at radius 1 is 1.11 bits per heavy atom. The van der Waals surface area contributed by atoms with Crippen LogP contribution in [0.2, 0.25) is 0 Å². The van der Waals surface area contributed by atoms with E-state index in [0.29, 0.717) is 24.7 Å². The largest absolute Gasteiger partial charge is 0.355 e. The number of aromatic nitrogens is 2. The van der Waals surface area contributed by atoms with Crippen molar-refractivity contribution in [3.63, 3.8) is 0 Å². The van der Waals surface area contributed by atoms with Gasteiger partial charge in [-0.3, -0.25) is 14.6 Å². The fraction of sp³-hybridized carbons (Fsp3) is 0.476. The quantitative estimate of drug-likeness (QED) is 0.787. The number of nitrogens with one attached hydrogen (secondary N) is 2. The average Bonchev–Trinajstić information content (AvgIpc) is 3.12. The van der Waals surface area contributed by atoms with Crippen molar-refractivity contribution in [3.05, 3.63) is 54.1 Å². The van der Waals surface area contributed by atoms with Crippen LogP contribution in [0.1, 0.15) is 41.9 Å². The molecule has 2 aromatic rings. The third-order valence-corrected chi connectivity index (χ3v) is 5.40. The molecule has 0 bridgehead atoms. The van der Waals surface area contributed by atoms with Crippen molar-refractivity contribution in [1.29, 1.82) is 0 Å². The lowest BCUT2D eigenvalue weighted by Crippen LogP contribution is -2.37. The highest BCUT2D eigenvalue weighted by Crippen LogP contribution is 2.28. The Morgan fingerprint density at radius 2 is 1.93 bits per heavy atom. The van der Waals surface area contributed by atoms with Crippen LogP contribution in [-0.4, -0.2) is 34.5 Å². The van der Waals surface area contributed by atoms with Crippen LogP contribution in [0, 0.1) is 11.8 Å². The Hall–Kier alpha value is -2.63. The van der Waals surface area contributed by atoms with E-state index in [-0.39, 0.29) is 17.7 Å². The van der Waals surface area contributed by atoms with Crippen LogP contribution in [0.25, 0.3) is 0 Å². The highest BCUT2D eigenvalue weighted by atomic mass is 16.2. The van der Waals surface area contributed by atoms with Crippen LogP contribution in [-0.2, 0) is 18.3 Å². The molecule has 0 unspecified atom stereocenters. The molecule has 2 N–H and O–H groups in total. The molecule has 1 fully saturated rings. The highest BCUT2D eigenvalue weighted by Gasteiger charge is 2.26. The van der Waals surface area contributed by atoms with Gasteiger partial charge in [0, 0.05) is 50.6 Å². The van der Waals surface area contributed by atoms with E-state index in [1.165, 1.54) is 5.69 Å². The Bertz CT molecular complexity index is 749. The number of amides is 2. The van der Waals surface area contributed by atoms with E-state index >= 15 is 0 Å². The van der Waals surface area contributed by atoms with Crippen LogP contribution in [0.3, 0.4) is 0 Å². The van der Waals surface area contributed by atoms with Gasteiger partial charge in [-0.05, 0) is 55.9 Å². The zero-order valence-electron chi connectivity index (χ0n) is 15.9. The Balaban J connectivity index is 1.34. The van der Waals surface area contributed by atoms with Gasteiger partial charge in [-0.1, -0.05) is 6.07 Å². The summed E-state index contributed by atoms with van der Waals surface area (Å²) in [6.45, 7) is 1.33. The van der Waals surface area contributed by atoms with E-state index in [9.17, 15) is 9.59 Å². The van der Waals surface area contributed by atoms with Crippen LogP contribution < -0.4 is 10.6 Å². The minimum absolute atomic E-state index is 0.0983. The lowest BCUT2D eigenvalue weighted by atomic mass is 9.81. The third kappa shape index (κ3) is 5.42. The van der Waals surface area contributed by atoms with Crippen molar-refractivity contribution in [2.24, 2.45) is 18.9 Å². The minimum Gasteiger partial charge on any atom is -0.355 e. The summed E-state index contributed by atoms with van der Waals surface area (Å²) in [5.74, 6) is 0.572. The third-order valence-electron chi connectivity index (χ3n) is 5.40. The number of hydrogen-bond donors (Lipinski definition) is 2. The molecule has 0 radical (unpaired) electrons. The van der Waals surface area contributed by atoms with Crippen LogP contribution >= 0.6 is 0 Å². The van der Waals surface area contributed by atoms with Crippen molar-refractivity contribution in [3.8, 4) is 0 Å². The first-order valence-corrected chi connectivity index (χ1v) is 9.70. The standard InChI is InChI=1S/C21H28N4O2/c1-25-14-4-5-18(25)11-13-23-20(26)17-9-7-16(8-10-17)15-24-21(27)19-6-2-3-12-22-19/h2-6,12,14,16-17H,7-11,13,15H2,1H3,(H,23,26)(H,24,27). The first kappa shape index (κ1) is 19.1. The minimum atomic E-state index is -0.129. The van der Waals surface area contributed by atoms with E-state index in [0.717, 1.165) is 32.1 Å². The van der Waals surface area contributed by atoms with Crippen molar-refractivity contribution < 1.29 is 9.59 Å². The van der Waals surface area contributed by atoms with Gasteiger partial charge < -0.3 is 15.2 Å². The Morgan fingerprint density at radius 3 is 2.59 bits per heavy atom. The molecule has 144 valence electrons. The number of aryl methyl sites for hydroxylation is 1. The summed E-state index contributed by atoms with van der Waals surface area (Å²) in [5.41, 5.74) is 1.67. The molecule has 1 aliphatic rings. The Labute approximate surface area is 160 Å². The molecule has 6 nitrogen and oxygen atoms in total. The summed E-state index contributed by atoms with van der Waals surface area (Å²) >= 11 is 0. The van der Waals surface area contributed by atoms with Gasteiger partial charge in [-0.2, -0.15) is 0 Å². The number of carbonyl (C=O) groups is 2. The molecule has 3 rings (SSSR count). The van der Waals surface area contributed by atoms with E-state index < -0.39 is 0 Å². The van der Waals surface area contributed by atoms with Gasteiger partial charge in [0.25, 0.3) is 5.91 Å². The molecule has 0 aliphatic heterocycles. The van der Waals surface area contributed by atoms with Crippen molar-refractivity contribution in [1.82, 2.24) is 20.2 Å².